The molecule has 10 aromatic heterocycles. The number of aromatic nitrogens is 10. The molecule has 0 aliphatic carbocycles. The first-order valence-electron chi connectivity index (χ1n) is 33.3. The number of amides is 2. The first kappa shape index (κ1) is 74.6. The summed E-state index contributed by atoms with van der Waals surface area (Å²) in [6, 6.07) is 56.1. The van der Waals surface area contributed by atoms with Crippen LogP contribution in [0.1, 0.15) is 96.5 Å². The van der Waals surface area contributed by atoms with Crippen LogP contribution in [0, 0.1) is 20.8 Å². The Hall–Kier alpha value is -11.6. The van der Waals surface area contributed by atoms with Crippen LogP contribution in [0.25, 0.3) is 63.2 Å². The zero-order valence-corrected chi connectivity index (χ0v) is 62.1. The molecular formula is C79H76N16O6S4. The minimum Gasteiger partial charge on any atom is -0.389 e. The van der Waals surface area contributed by atoms with Gasteiger partial charge in [0.15, 0.2) is 0 Å². The average Bonchev–Trinajstić information content (AvgIpc) is 1.66. The molecule has 4 aromatic carbocycles. The summed E-state index contributed by atoms with van der Waals surface area (Å²) in [6.07, 6.45) is 9.39. The van der Waals surface area contributed by atoms with Crippen molar-refractivity contribution in [2.24, 2.45) is 0 Å². The van der Waals surface area contributed by atoms with Gasteiger partial charge in [-0.05, 0) is 185 Å². The van der Waals surface area contributed by atoms with Gasteiger partial charge < -0.3 is 51.3 Å². The average molecular weight is 1470 g/mol. The number of carbonyl (C=O) groups excluding carboxylic acids is 2. The summed E-state index contributed by atoms with van der Waals surface area (Å²) in [7, 11) is 3.46. The van der Waals surface area contributed by atoms with Crippen LogP contribution in [0.2, 0.25) is 0 Å². The van der Waals surface area contributed by atoms with E-state index in [9.17, 15) is 24.9 Å². The number of hydrogen-bond donors (Lipinski definition) is 8. The molecule has 0 saturated carbocycles. The smallest absolute Gasteiger partial charge is 0.254 e. The van der Waals surface area contributed by atoms with E-state index >= 15 is 0 Å². The summed E-state index contributed by atoms with van der Waals surface area (Å²) in [5.74, 6) is 2.82. The molecule has 532 valence electrons. The number of anilines is 9. The van der Waals surface area contributed by atoms with Gasteiger partial charge in [0, 0.05) is 101 Å². The standard InChI is InChI=1S/C21H20N4O2S.C21H18N4OS.C19H20N4O2S.C18H18N4OS/c1-12-20(14(3)27-25-12)19-8-7-18(28-19)17-9-10-22-21(24-17)23-16-6-4-5-15(11-16)13(2)26;1-14(26)15-4-2-6-17(12-15)24-21-23-11-9-18(25-21)20-8-7-19(27-20)16-5-3-10-22-13-16;1-12(24)13-5-4-6-15(9-13)21-19-20-8-7-16(22-19)17-10-14(11-26-17)18(25)23(2)3;1-3-16(23)22-17-8-7-15(24-17)14-9-10-19-18(21-14)20-13-6-4-5-12(2)11-13/h4-11,13,26H,1-3H3,(H,22,23,24);2-14,26H,1H3,(H,23,24,25);4-12,24H,1-3H3,(H,20,21,22);4-11H,3H2,1-2H3,(H,22,23)(H,19,20,21). The maximum absolute atomic E-state index is 12.1. The van der Waals surface area contributed by atoms with E-state index in [2.05, 4.69) is 94.8 Å². The van der Waals surface area contributed by atoms with Crippen molar-refractivity contribution in [2.45, 2.75) is 73.2 Å². The lowest BCUT2D eigenvalue weighted by Crippen LogP contribution is -2.20. The number of hydrogen-bond acceptors (Lipinski definition) is 24. The summed E-state index contributed by atoms with van der Waals surface area (Å²) >= 11 is 6.28. The second kappa shape index (κ2) is 35.5. The maximum atomic E-state index is 12.1. The zero-order chi connectivity index (χ0) is 73.9. The van der Waals surface area contributed by atoms with E-state index in [0.717, 1.165) is 119 Å². The van der Waals surface area contributed by atoms with Gasteiger partial charge >= 0.3 is 0 Å². The van der Waals surface area contributed by atoms with Gasteiger partial charge in [-0.2, -0.15) is 0 Å². The van der Waals surface area contributed by atoms with Crippen LogP contribution >= 0.6 is 45.3 Å². The highest BCUT2D eigenvalue weighted by Gasteiger charge is 2.18. The van der Waals surface area contributed by atoms with Crippen molar-refractivity contribution in [3.05, 3.63) is 258 Å². The van der Waals surface area contributed by atoms with Crippen LogP contribution in [0.15, 0.2) is 223 Å². The molecule has 2 amide bonds. The lowest BCUT2D eigenvalue weighted by molar-refractivity contribution is -0.115. The van der Waals surface area contributed by atoms with E-state index in [1.165, 1.54) is 28.2 Å². The molecule has 0 spiro atoms. The molecule has 0 aliphatic rings. The highest BCUT2D eigenvalue weighted by atomic mass is 32.1. The van der Waals surface area contributed by atoms with Crippen molar-refractivity contribution < 1.29 is 29.4 Å². The van der Waals surface area contributed by atoms with Crippen LogP contribution in [0.3, 0.4) is 0 Å². The molecule has 0 aliphatic heterocycles. The van der Waals surface area contributed by atoms with Crippen LogP contribution in [0.4, 0.5) is 51.5 Å². The second-order valence-corrected chi connectivity index (χ2v) is 28.2. The molecule has 14 rings (SSSR count). The van der Waals surface area contributed by atoms with Gasteiger partial charge in [0.05, 0.1) is 82.4 Å². The van der Waals surface area contributed by atoms with Crippen LogP contribution in [-0.4, -0.2) is 96.1 Å². The highest BCUT2D eigenvalue weighted by molar-refractivity contribution is 7.20. The molecule has 0 fully saturated rings. The SMILES string of the molecule is CC(O)c1cccc(Nc2nccc(-c3cc(C(=O)N(C)C)cs3)n2)c1.CC(O)c1cccc(Nc2nccc(-c3ccc(-c4cccnc4)s3)n2)c1.CCC(=O)Nc1ccc(-c2ccnc(Nc3cccc(C)c3)n2)s1.Cc1noc(C)c1-c1ccc(-c2ccnc(Nc3cccc(C(C)O)c3)n2)s1. The molecule has 3 atom stereocenters. The molecular weight excluding hydrogens is 1400 g/mol. The molecule has 0 bridgehead atoms. The highest BCUT2D eigenvalue weighted by Crippen LogP contribution is 2.39. The van der Waals surface area contributed by atoms with Crippen molar-refractivity contribution >= 4 is 109 Å². The summed E-state index contributed by atoms with van der Waals surface area (Å²) < 4.78 is 5.28. The van der Waals surface area contributed by atoms with Gasteiger partial charge in [0.25, 0.3) is 5.91 Å². The monoisotopic (exact) mass is 1470 g/mol. The molecule has 3 unspecified atom stereocenters. The van der Waals surface area contributed by atoms with E-state index in [0.29, 0.717) is 35.8 Å². The van der Waals surface area contributed by atoms with E-state index in [1.54, 1.807) is 93.4 Å². The van der Waals surface area contributed by atoms with Crippen LogP contribution in [0.5, 0.6) is 0 Å². The largest absolute Gasteiger partial charge is 0.389 e. The van der Waals surface area contributed by atoms with Crippen molar-refractivity contribution in [1.82, 2.24) is 54.9 Å². The lowest BCUT2D eigenvalue weighted by atomic mass is 10.1. The zero-order valence-electron chi connectivity index (χ0n) is 58.8. The van der Waals surface area contributed by atoms with Crippen molar-refractivity contribution in [3.8, 4) is 63.2 Å². The Morgan fingerprint density at radius 2 is 0.924 bits per heavy atom. The van der Waals surface area contributed by atoms with Gasteiger partial charge in [-0.25, -0.2) is 39.9 Å². The fraction of sp³-hybridized carbons (Fsp3) is 0.165. The summed E-state index contributed by atoms with van der Waals surface area (Å²) in [6.45, 7) is 12.9. The van der Waals surface area contributed by atoms with Crippen LogP contribution < -0.4 is 26.6 Å². The molecule has 105 heavy (non-hydrogen) atoms. The Balaban J connectivity index is 0.000000140. The third-order valence-corrected chi connectivity index (χ3v) is 19.9. The summed E-state index contributed by atoms with van der Waals surface area (Å²) in [5, 5.41) is 51.5. The number of benzene rings is 4. The molecule has 8 N–H and O–H groups in total. The number of nitrogens with zero attached hydrogens (tertiary/aromatic N) is 11. The van der Waals surface area contributed by atoms with E-state index in [4.69, 9.17) is 4.52 Å². The second-order valence-electron chi connectivity index (χ2n) is 24.1. The van der Waals surface area contributed by atoms with Gasteiger partial charge in [0.1, 0.15) is 5.76 Å². The first-order chi connectivity index (χ1) is 50.8. The number of thiophene rings is 4. The predicted molar refractivity (Wildman–Crippen MR) is 422 cm³/mol. The molecule has 0 saturated heterocycles. The number of pyridine rings is 1. The number of carbonyl (C=O) groups is 2. The minimum absolute atomic E-state index is 0.00731. The van der Waals surface area contributed by atoms with Gasteiger partial charge in [-0.15, -0.1) is 45.3 Å². The van der Waals surface area contributed by atoms with E-state index in [-0.39, 0.29) is 11.8 Å². The summed E-state index contributed by atoms with van der Waals surface area (Å²) in [4.78, 5) is 71.0. The Labute approximate surface area is 623 Å². The normalized spacial score (nSPS) is 11.6. The lowest BCUT2D eigenvalue weighted by Gasteiger charge is -2.09. The molecule has 22 nitrogen and oxygen atoms in total. The Kier molecular flexibility index (Phi) is 25.2. The van der Waals surface area contributed by atoms with Crippen molar-refractivity contribution in [3.63, 3.8) is 0 Å². The van der Waals surface area contributed by atoms with E-state index in [1.807, 2.05) is 197 Å². The number of aliphatic hydroxyl groups excluding tert-OH is 3. The topological polar surface area (TPSA) is 300 Å². The van der Waals surface area contributed by atoms with Gasteiger partial charge in [-0.1, -0.05) is 66.7 Å². The van der Waals surface area contributed by atoms with Gasteiger partial charge in [0.2, 0.25) is 29.7 Å². The van der Waals surface area contributed by atoms with Crippen molar-refractivity contribution in [2.75, 3.05) is 40.7 Å². The number of rotatable bonds is 20. The first-order valence-corrected chi connectivity index (χ1v) is 36.7. The third kappa shape index (κ3) is 20.6. The number of aryl methyl sites for hydroxylation is 3. The van der Waals surface area contributed by atoms with Crippen LogP contribution in [-0.2, 0) is 4.79 Å². The number of aliphatic hydroxyl groups is 3. The molecule has 26 heteroatoms. The number of nitrogens with one attached hydrogen (secondary N) is 5. The minimum atomic E-state index is -0.539. The fourth-order valence-electron chi connectivity index (χ4n) is 10.3. The predicted octanol–water partition coefficient (Wildman–Crippen LogP) is 18.6. The fourth-order valence-corrected chi connectivity index (χ4v) is 14.1. The summed E-state index contributed by atoms with van der Waals surface area (Å²) in [5.41, 5.74) is 14.0. The van der Waals surface area contributed by atoms with Gasteiger partial charge in [-0.3, -0.25) is 14.6 Å². The molecule has 10 heterocycles. The van der Waals surface area contributed by atoms with Crippen molar-refractivity contribution in [1.29, 1.82) is 0 Å². The quantitative estimate of drug-likeness (QED) is 0.0352. The molecule has 14 aromatic rings. The molecule has 0 radical (unpaired) electrons. The third-order valence-electron chi connectivity index (χ3n) is 15.7. The maximum Gasteiger partial charge on any atom is 0.254 e. The Morgan fingerprint density at radius 1 is 0.486 bits per heavy atom. The Bertz CT molecular complexity index is 5210. The van der Waals surface area contributed by atoms with E-state index < -0.39 is 18.3 Å². The Morgan fingerprint density at radius 3 is 1.36 bits per heavy atom.